The van der Waals surface area contributed by atoms with Crippen molar-refractivity contribution in [2.24, 2.45) is 7.05 Å². The van der Waals surface area contributed by atoms with Gasteiger partial charge >= 0.3 is 0 Å². The minimum absolute atomic E-state index is 0.0666. The predicted octanol–water partition coefficient (Wildman–Crippen LogP) is 1.20. The quantitative estimate of drug-likeness (QED) is 0.878. The summed E-state index contributed by atoms with van der Waals surface area (Å²) in [6.45, 7) is 0.679. The number of likely N-dealkylation sites (tertiary alicyclic amines) is 1. The molecule has 1 saturated heterocycles. The fourth-order valence-corrected chi connectivity index (χ4v) is 3.03. The summed E-state index contributed by atoms with van der Waals surface area (Å²) < 4.78 is 1.53. The zero-order valence-corrected chi connectivity index (χ0v) is 11.0. The van der Waals surface area contributed by atoms with E-state index in [4.69, 9.17) is 11.6 Å². The van der Waals surface area contributed by atoms with Crippen LogP contribution in [0.5, 0.6) is 0 Å². The number of rotatable bonds is 2. The molecule has 2 fully saturated rings. The first-order valence-electron chi connectivity index (χ1n) is 6.24. The summed E-state index contributed by atoms with van der Waals surface area (Å²) in [5.74, 6) is -0.163. The van der Waals surface area contributed by atoms with Crippen molar-refractivity contribution in [2.45, 2.75) is 37.3 Å². The highest BCUT2D eigenvalue weighted by Crippen LogP contribution is 2.45. The fraction of sp³-hybridized carbons (Fsp3) is 0.667. The highest BCUT2D eigenvalue weighted by Gasteiger charge is 2.53. The van der Waals surface area contributed by atoms with Crippen LogP contribution in [0.2, 0.25) is 5.02 Å². The zero-order valence-electron chi connectivity index (χ0n) is 10.3. The Morgan fingerprint density at radius 3 is 2.89 bits per heavy atom. The van der Waals surface area contributed by atoms with E-state index >= 15 is 0 Å². The first-order valence-corrected chi connectivity index (χ1v) is 6.61. The van der Waals surface area contributed by atoms with Crippen LogP contribution in [0.3, 0.4) is 0 Å². The number of hydrogen-bond acceptors (Lipinski definition) is 3. The van der Waals surface area contributed by atoms with Crippen LogP contribution in [-0.4, -0.2) is 43.9 Å². The van der Waals surface area contributed by atoms with Crippen LogP contribution in [0.1, 0.15) is 36.2 Å². The van der Waals surface area contributed by atoms with Crippen molar-refractivity contribution in [3.63, 3.8) is 0 Å². The zero-order chi connectivity index (χ0) is 12.9. The molecule has 0 bridgehead atoms. The van der Waals surface area contributed by atoms with Gasteiger partial charge in [-0.2, -0.15) is 5.10 Å². The summed E-state index contributed by atoms with van der Waals surface area (Å²) >= 11 is 6.00. The summed E-state index contributed by atoms with van der Waals surface area (Å²) in [4.78, 5) is 14.2. The summed E-state index contributed by atoms with van der Waals surface area (Å²) in [6.07, 6.45) is 5.00. The van der Waals surface area contributed by atoms with E-state index in [1.807, 2.05) is 0 Å². The first kappa shape index (κ1) is 12.0. The summed E-state index contributed by atoms with van der Waals surface area (Å²) in [7, 11) is 1.73. The molecule has 0 aromatic carbocycles. The number of halogens is 1. The predicted molar refractivity (Wildman–Crippen MR) is 66.5 cm³/mol. The lowest BCUT2D eigenvalue weighted by Gasteiger charge is -2.28. The smallest absolute Gasteiger partial charge is 0.276 e. The van der Waals surface area contributed by atoms with Crippen molar-refractivity contribution >= 4 is 17.5 Å². The molecular weight excluding hydrogens is 254 g/mol. The average molecular weight is 270 g/mol. The van der Waals surface area contributed by atoms with Crippen LogP contribution in [0.25, 0.3) is 0 Å². The van der Waals surface area contributed by atoms with E-state index in [-0.39, 0.29) is 17.6 Å². The van der Waals surface area contributed by atoms with Gasteiger partial charge in [-0.3, -0.25) is 9.48 Å². The van der Waals surface area contributed by atoms with Gasteiger partial charge in [-0.05, 0) is 25.7 Å². The Hall–Kier alpha value is -1.07. The number of aromatic nitrogens is 2. The number of aryl methyl sites for hydroxylation is 1. The second-order valence-electron chi connectivity index (χ2n) is 5.26. The molecule has 6 heteroatoms. The second kappa shape index (κ2) is 3.96. The Labute approximate surface area is 110 Å². The number of aliphatic hydroxyl groups is 1. The third-order valence-corrected chi connectivity index (χ3v) is 4.16. The fourth-order valence-electron chi connectivity index (χ4n) is 2.77. The molecule has 1 N–H and O–H groups in total. The summed E-state index contributed by atoms with van der Waals surface area (Å²) in [5.41, 5.74) is -0.372. The summed E-state index contributed by atoms with van der Waals surface area (Å²) in [6, 6.07) is -0.0666. The third kappa shape index (κ3) is 1.82. The second-order valence-corrected chi connectivity index (χ2v) is 5.67. The van der Waals surface area contributed by atoms with Crippen molar-refractivity contribution < 1.29 is 9.90 Å². The van der Waals surface area contributed by atoms with Gasteiger partial charge in [-0.1, -0.05) is 11.6 Å². The molecule has 1 aromatic rings. The Morgan fingerprint density at radius 1 is 1.61 bits per heavy atom. The molecule has 3 rings (SSSR count). The first-order chi connectivity index (χ1) is 8.51. The monoisotopic (exact) mass is 269 g/mol. The lowest BCUT2D eigenvalue weighted by molar-refractivity contribution is 0.0382. The van der Waals surface area contributed by atoms with Gasteiger partial charge in [0.15, 0.2) is 5.69 Å². The van der Waals surface area contributed by atoms with E-state index in [1.165, 1.54) is 4.68 Å². The number of hydrogen-bond donors (Lipinski definition) is 1. The van der Waals surface area contributed by atoms with Crippen LogP contribution in [0.15, 0.2) is 6.20 Å². The molecule has 1 amide bonds. The minimum atomic E-state index is -0.659. The molecule has 2 aliphatic rings. The molecule has 2 heterocycles. The van der Waals surface area contributed by atoms with Gasteiger partial charge in [-0.25, -0.2) is 0 Å². The maximum Gasteiger partial charge on any atom is 0.276 e. The molecule has 0 spiro atoms. The van der Waals surface area contributed by atoms with Crippen LogP contribution in [-0.2, 0) is 7.05 Å². The van der Waals surface area contributed by atoms with Crippen LogP contribution < -0.4 is 0 Å². The van der Waals surface area contributed by atoms with Crippen LogP contribution in [0.4, 0.5) is 0 Å². The molecule has 5 nitrogen and oxygen atoms in total. The number of carbonyl (C=O) groups is 1. The van der Waals surface area contributed by atoms with Gasteiger partial charge in [0.25, 0.3) is 5.91 Å². The molecule has 1 aromatic heterocycles. The maximum absolute atomic E-state index is 12.4. The highest BCUT2D eigenvalue weighted by molar-refractivity contribution is 6.33. The minimum Gasteiger partial charge on any atom is -0.388 e. The normalized spacial score (nSPS) is 25.5. The Bertz CT molecular complexity index is 496. The number of carbonyl (C=O) groups excluding carboxylic acids is 1. The van der Waals surface area contributed by atoms with Gasteiger partial charge in [0.05, 0.1) is 16.7 Å². The highest BCUT2D eigenvalue weighted by atomic mass is 35.5. The molecule has 1 unspecified atom stereocenters. The van der Waals surface area contributed by atoms with E-state index in [0.717, 1.165) is 25.7 Å². The molecule has 0 radical (unpaired) electrons. The van der Waals surface area contributed by atoms with Crippen molar-refractivity contribution in [2.75, 3.05) is 6.54 Å². The van der Waals surface area contributed by atoms with E-state index in [9.17, 15) is 9.90 Å². The largest absolute Gasteiger partial charge is 0.388 e. The van der Waals surface area contributed by atoms with Gasteiger partial charge in [-0.15, -0.1) is 0 Å². The van der Waals surface area contributed by atoms with Gasteiger partial charge in [0, 0.05) is 19.8 Å². The molecule has 98 valence electrons. The van der Waals surface area contributed by atoms with Crippen molar-refractivity contribution in [3.05, 3.63) is 16.9 Å². The Kier molecular flexibility index (Phi) is 2.64. The standard InChI is InChI=1S/C12H16ClN3O2/c1-15-7-8(13)10(14-15)11(17)16-6-2-3-9(16)12(18)4-5-12/h7,9,18H,2-6H2,1H3. The lowest BCUT2D eigenvalue weighted by atomic mass is 10.1. The average Bonchev–Trinajstić information content (AvgIpc) is 2.79. The molecule has 1 saturated carbocycles. The summed E-state index contributed by atoms with van der Waals surface area (Å²) in [5, 5.41) is 14.7. The van der Waals surface area contributed by atoms with Gasteiger partial charge in [0.1, 0.15) is 0 Å². The Morgan fingerprint density at radius 2 is 2.33 bits per heavy atom. The third-order valence-electron chi connectivity index (χ3n) is 3.88. The molecule has 1 aliphatic heterocycles. The number of nitrogens with zero attached hydrogens (tertiary/aromatic N) is 3. The van der Waals surface area contributed by atoms with Crippen molar-refractivity contribution in [1.29, 1.82) is 0 Å². The lowest BCUT2D eigenvalue weighted by Crippen LogP contribution is -2.44. The Balaban J connectivity index is 1.86. The van der Waals surface area contributed by atoms with Crippen molar-refractivity contribution in [3.8, 4) is 0 Å². The topological polar surface area (TPSA) is 58.4 Å². The van der Waals surface area contributed by atoms with Gasteiger partial charge < -0.3 is 10.0 Å². The molecule has 1 aliphatic carbocycles. The van der Waals surface area contributed by atoms with Crippen LogP contribution >= 0.6 is 11.6 Å². The molecule has 1 atom stereocenters. The van der Waals surface area contributed by atoms with Gasteiger partial charge in [0.2, 0.25) is 0 Å². The van der Waals surface area contributed by atoms with E-state index in [2.05, 4.69) is 5.10 Å². The van der Waals surface area contributed by atoms with Crippen molar-refractivity contribution in [1.82, 2.24) is 14.7 Å². The van der Waals surface area contributed by atoms with Crippen LogP contribution in [0, 0.1) is 0 Å². The number of amides is 1. The maximum atomic E-state index is 12.4. The van der Waals surface area contributed by atoms with E-state index in [0.29, 0.717) is 11.6 Å². The SMILES string of the molecule is Cn1cc(Cl)c(C(=O)N2CCCC2C2(O)CC2)n1. The molecular formula is C12H16ClN3O2. The molecule has 18 heavy (non-hydrogen) atoms. The van der Waals surface area contributed by atoms with E-state index < -0.39 is 5.60 Å². The van der Waals surface area contributed by atoms with E-state index in [1.54, 1.807) is 18.1 Å².